The first-order valence-corrected chi connectivity index (χ1v) is 10.2. The lowest BCUT2D eigenvalue weighted by atomic mass is 10.1. The van der Waals surface area contributed by atoms with E-state index in [1.807, 2.05) is 30.2 Å². The molecule has 1 atom stereocenters. The fourth-order valence-electron chi connectivity index (χ4n) is 3.77. The number of nitrogens with zero attached hydrogens (tertiary/aromatic N) is 5. The van der Waals surface area contributed by atoms with Gasteiger partial charge in [-0.1, -0.05) is 0 Å². The molecule has 7 nitrogen and oxygen atoms in total. The maximum Gasteiger partial charge on any atom is 0.244 e. The van der Waals surface area contributed by atoms with E-state index in [0.29, 0.717) is 13.1 Å². The molecular formula is C17H23N5O2S. The van der Waals surface area contributed by atoms with Crippen molar-refractivity contribution in [3.05, 3.63) is 36.3 Å². The Hall–Kier alpha value is -1.93. The highest BCUT2D eigenvalue weighted by Crippen LogP contribution is 2.35. The van der Waals surface area contributed by atoms with Crippen molar-refractivity contribution in [2.45, 2.75) is 36.6 Å². The maximum atomic E-state index is 12.6. The molecule has 2 aromatic rings. The lowest BCUT2D eigenvalue weighted by molar-refractivity contribution is 0.477. The van der Waals surface area contributed by atoms with Gasteiger partial charge in [0.2, 0.25) is 10.0 Å². The van der Waals surface area contributed by atoms with E-state index in [-0.39, 0.29) is 10.9 Å². The largest absolute Gasteiger partial charge is 0.349 e. The van der Waals surface area contributed by atoms with E-state index >= 15 is 0 Å². The summed E-state index contributed by atoms with van der Waals surface area (Å²) >= 11 is 0. The van der Waals surface area contributed by atoms with Gasteiger partial charge in [-0.2, -0.15) is 9.40 Å². The molecule has 2 aliphatic heterocycles. The molecule has 0 N–H and O–H groups in total. The standard InChI is InChI=1S/C17H23N5O2S/c1-20-13-14(11-19-20)16-5-4-10-22(16)17-7-6-15(12-18-17)25(23,24)21-8-2-3-9-21/h6-7,11-13,16H,2-5,8-10H2,1H3. The van der Waals surface area contributed by atoms with Crippen molar-refractivity contribution < 1.29 is 8.42 Å². The highest BCUT2D eigenvalue weighted by Gasteiger charge is 2.30. The van der Waals surface area contributed by atoms with Crippen molar-refractivity contribution in [2.75, 3.05) is 24.5 Å². The molecule has 2 saturated heterocycles. The average Bonchev–Trinajstić information content (AvgIpc) is 3.36. The normalized spacial score (nSPS) is 22.0. The minimum absolute atomic E-state index is 0.252. The van der Waals surface area contributed by atoms with Crippen LogP contribution in [0.15, 0.2) is 35.6 Å². The second-order valence-corrected chi connectivity index (χ2v) is 8.70. The van der Waals surface area contributed by atoms with E-state index in [1.54, 1.807) is 10.4 Å². The van der Waals surface area contributed by atoms with Crippen LogP contribution in [-0.2, 0) is 17.1 Å². The van der Waals surface area contributed by atoms with Gasteiger partial charge in [-0.3, -0.25) is 4.68 Å². The van der Waals surface area contributed by atoms with Gasteiger partial charge in [0.25, 0.3) is 0 Å². The zero-order chi connectivity index (χ0) is 17.4. The van der Waals surface area contributed by atoms with Crippen LogP contribution >= 0.6 is 0 Å². The Morgan fingerprint density at radius 1 is 1.08 bits per heavy atom. The fourth-order valence-corrected chi connectivity index (χ4v) is 5.24. The van der Waals surface area contributed by atoms with E-state index < -0.39 is 10.0 Å². The number of hydrogen-bond acceptors (Lipinski definition) is 5. The first kappa shape index (κ1) is 16.5. The van der Waals surface area contributed by atoms with Crippen LogP contribution in [0.5, 0.6) is 0 Å². The predicted octanol–water partition coefficient (Wildman–Crippen LogP) is 1.94. The van der Waals surface area contributed by atoms with Gasteiger partial charge in [0.05, 0.1) is 12.2 Å². The van der Waals surface area contributed by atoms with Gasteiger partial charge in [0.15, 0.2) is 0 Å². The van der Waals surface area contributed by atoms with E-state index in [2.05, 4.69) is 15.0 Å². The predicted molar refractivity (Wildman–Crippen MR) is 94.8 cm³/mol. The second kappa shape index (κ2) is 6.42. The maximum absolute atomic E-state index is 12.6. The van der Waals surface area contributed by atoms with Gasteiger partial charge in [0, 0.05) is 44.6 Å². The molecule has 1 unspecified atom stereocenters. The molecule has 0 aliphatic carbocycles. The SMILES string of the molecule is Cn1cc(C2CCCN2c2ccc(S(=O)(=O)N3CCCC3)cn2)cn1. The van der Waals surface area contributed by atoms with E-state index in [4.69, 9.17) is 0 Å². The average molecular weight is 361 g/mol. The van der Waals surface area contributed by atoms with Crippen molar-refractivity contribution >= 4 is 15.8 Å². The Kier molecular flexibility index (Phi) is 4.24. The Bertz CT molecular complexity index is 840. The van der Waals surface area contributed by atoms with Crippen molar-refractivity contribution in [3.63, 3.8) is 0 Å². The Balaban J connectivity index is 1.57. The van der Waals surface area contributed by atoms with E-state index in [9.17, 15) is 8.42 Å². The molecular weight excluding hydrogens is 338 g/mol. The summed E-state index contributed by atoms with van der Waals surface area (Å²) in [5.41, 5.74) is 1.18. The Labute approximate surface area is 148 Å². The van der Waals surface area contributed by atoms with Crippen LogP contribution < -0.4 is 4.90 Å². The minimum atomic E-state index is -3.40. The molecule has 2 aromatic heterocycles. The van der Waals surface area contributed by atoms with Crippen LogP contribution in [0, 0.1) is 0 Å². The van der Waals surface area contributed by atoms with Gasteiger partial charge in [-0.25, -0.2) is 13.4 Å². The summed E-state index contributed by atoms with van der Waals surface area (Å²) in [7, 11) is -1.49. The van der Waals surface area contributed by atoms with Crippen LogP contribution in [0.4, 0.5) is 5.82 Å². The molecule has 2 fully saturated rings. The summed E-state index contributed by atoms with van der Waals surface area (Å²) in [5, 5.41) is 4.26. The third-order valence-electron chi connectivity index (χ3n) is 5.08. The van der Waals surface area contributed by atoms with Crippen LogP contribution in [0.2, 0.25) is 0 Å². The molecule has 0 bridgehead atoms. The van der Waals surface area contributed by atoms with Gasteiger partial charge < -0.3 is 4.90 Å². The monoisotopic (exact) mass is 361 g/mol. The van der Waals surface area contributed by atoms with Gasteiger partial charge >= 0.3 is 0 Å². The number of aryl methyl sites for hydroxylation is 1. The van der Waals surface area contributed by atoms with Crippen molar-refractivity contribution in [2.24, 2.45) is 7.05 Å². The molecule has 8 heteroatoms. The summed E-state index contributed by atoms with van der Waals surface area (Å²) < 4.78 is 28.6. The molecule has 25 heavy (non-hydrogen) atoms. The van der Waals surface area contributed by atoms with Crippen molar-refractivity contribution in [3.8, 4) is 0 Å². The minimum Gasteiger partial charge on any atom is -0.349 e. The van der Waals surface area contributed by atoms with Crippen molar-refractivity contribution in [1.82, 2.24) is 19.1 Å². The highest BCUT2D eigenvalue weighted by molar-refractivity contribution is 7.89. The molecule has 0 saturated carbocycles. The molecule has 0 radical (unpaired) electrons. The lowest BCUT2D eigenvalue weighted by Crippen LogP contribution is -2.28. The summed E-state index contributed by atoms with van der Waals surface area (Å²) in [6, 6.07) is 3.77. The first-order chi connectivity index (χ1) is 12.1. The third kappa shape index (κ3) is 3.04. The molecule has 4 rings (SSSR count). The van der Waals surface area contributed by atoms with Crippen molar-refractivity contribution in [1.29, 1.82) is 0 Å². The summed E-state index contributed by atoms with van der Waals surface area (Å²) in [4.78, 5) is 7.00. The van der Waals surface area contributed by atoms with Gasteiger partial charge in [-0.05, 0) is 37.8 Å². The zero-order valence-electron chi connectivity index (χ0n) is 14.4. The van der Waals surface area contributed by atoms with E-state index in [1.165, 1.54) is 11.8 Å². The van der Waals surface area contributed by atoms with Crippen LogP contribution in [0.25, 0.3) is 0 Å². The second-order valence-electron chi connectivity index (χ2n) is 6.76. The molecule has 0 amide bonds. The highest BCUT2D eigenvalue weighted by atomic mass is 32.2. The quantitative estimate of drug-likeness (QED) is 0.832. The van der Waals surface area contributed by atoms with Crippen LogP contribution in [0.1, 0.15) is 37.3 Å². The Morgan fingerprint density at radius 2 is 1.88 bits per heavy atom. The summed E-state index contributed by atoms with van der Waals surface area (Å²) in [5.74, 6) is 0.826. The molecule has 4 heterocycles. The number of rotatable bonds is 4. The van der Waals surface area contributed by atoms with Crippen LogP contribution in [-0.4, -0.2) is 47.1 Å². The summed E-state index contributed by atoms with van der Waals surface area (Å²) in [6.07, 6.45) is 9.46. The number of sulfonamides is 1. The molecule has 0 spiro atoms. The number of pyridine rings is 1. The van der Waals surface area contributed by atoms with Gasteiger partial charge in [-0.15, -0.1) is 0 Å². The topological polar surface area (TPSA) is 71.3 Å². The van der Waals surface area contributed by atoms with Crippen LogP contribution in [0.3, 0.4) is 0 Å². The molecule has 134 valence electrons. The first-order valence-electron chi connectivity index (χ1n) is 8.77. The molecule has 0 aromatic carbocycles. The fraction of sp³-hybridized carbons (Fsp3) is 0.529. The lowest BCUT2D eigenvalue weighted by Gasteiger charge is -2.25. The Morgan fingerprint density at radius 3 is 2.52 bits per heavy atom. The zero-order valence-corrected chi connectivity index (χ0v) is 15.2. The van der Waals surface area contributed by atoms with E-state index in [0.717, 1.165) is 38.0 Å². The number of hydrogen-bond donors (Lipinski definition) is 0. The smallest absolute Gasteiger partial charge is 0.244 e. The summed E-state index contributed by atoms with van der Waals surface area (Å²) in [6.45, 7) is 2.14. The number of anilines is 1. The number of aromatic nitrogens is 3. The molecule has 2 aliphatic rings. The van der Waals surface area contributed by atoms with Gasteiger partial charge in [0.1, 0.15) is 10.7 Å². The third-order valence-corrected chi connectivity index (χ3v) is 6.96.